The number of carboxylic acids is 1. The molecule has 10 heteroatoms. The number of aliphatic carboxylic acids is 1. The van der Waals surface area contributed by atoms with Crippen LogP contribution >= 0.6 is 0 Å². The first-order valence-corrected chi connectivity index (χ1v) is 8.47. The van der Waals surface area contributed by atoms with E-state index in [0.717, 1.165) is 40.2 Å². The largest absolute Gasteiger partial charge is 0.542 e. The molecule has 0 saturated heterocycles. The summed E-state index contributed by atoms with van der Waals surface area (Å²) in [4.78, 5) is 16.5. The third kappa shape index (κ3) is 4.00. The van der Waals surface area contributed by atoms with E-state index < -0.39 is 12.1 Å². The summed E-state index contributed by atoms with van der Waals surface area (Å²) in [5.74, 6) is -2.72. The number of benzene rings is 2. The molecule has 0 bridgehead atoms. The fraction of sp³-hybridized carbons (Fsp3) is 0.211. The van der Waals surface area contributed by atoms with Crippen molar-refractivity contribution in [1.29, 1.82) is 0 Å². The molecule has 0 aromatic heterocycles. The van der Waals surface area contributed by atoms with Crippen LogP contribution in [0, 0.1) is 0 Å². The smallest absolute Gasteiger partial charge is 0.430 e. The van der Waals surface area contributed by atoms with Crippen molar-refractivity contribution in [3.8, 4) is 11.5 Å². The summed E-state index contributed by atoms with van der Waals surface area (Å²) in [7, 11) is 0. The van der Waals surface area contributed by atoms with Gasteiger partial charge in [0.25, 0.3) is 0 Å². The quantitative estimate of drug-likeness (QED) is 0.357. The first-order chi connectivity index (χ1) is 13.6. The van der Waals surface area contributed by atoms with Gasteiger partial charge < -0.3 is 25.8 Å². The number of alkyl halides is 3. The molecule has 0 fully saturated rings. The first kappa shape index (κ1) is 20.2. The molecule has 2 aliphatic heterocycles. The van der Waals surface area contributed by atoms with E-state index >= 15 is 0 Å². The number of anilines is 1. The number of phenolic OH excluding ortho intramolecular Hbond substituents is 2. The van der Waals surface area contributed by atoms with E-state index in [-0.39, 0.29) is 11.5 Å². The molecule has 7 nitrogen and oxygen atoms in total. The molecule has 2 aromatic rings. The lowest BCUT2D eigenvalue weighted by Crippen LogP contribution is -2.82. The summed E-state index contributed by atoms with van der Waals surface area (Å²) in [5.41, 5.74) is 10.1. The first-order valence-electron chi connectivity index (χ1n) is 8.47. The van der Waals surface area contributed by atoms with Crippen molar-refractivity contribution < 1.29 is 38.3 Å². The monoisotopic (exact) mass is 407 g/mol. The minimum atomic E-state index is -5.19. The average Bonchev–Trinajstić information content (AvgIpc) is 3.10. The van der Waals surface area contributed by atoms with Crippen LogP contribution in [0.1, 0.15) is 17.5 Å². The highest BCUT2D eigenvalue weighted by Gasteiger charge is 2.29. The Morgan fingerprint density at radius 1 is 1.24 bits per heavy atom. The standard InChI is InChI=1S/C17H15N3O2.C2HF3O2/c18-14-12(7-9-1-3-11(21)4-2-9)15-13-10(5-6-19-15)8-20-16(13)17(14)22;3-2(4,5)1(6)7/h1-4,8,21-22H,5-7,18H2;(H,6,7). The molecule has 0 unspecified atom stereocenters. The average molecular weight is 407 g/mol. The Morgan fingerprint density at radius 2 is 1.86 bits per heavy atom. The van der Waals surface area contributed by atoms with E-state index in [2.05, 4.69) is 9.98 Å². The zero-order valence-electron chi connectivity index (χ0n) is 14.9. The van der Waals surface area contributed by atoms with Crippen molar-refractivity contribution in [1.82, 2.24) is 0 Å². The second kappa shape index (κ2) is 7.46. The Labute approximate surface area is 162 Å². The Bertz CT molecular complexity index is 1120. The number of phenols is 2. The SMILES string of the molecule is Nc1c(O)c2c3c(c1Cc1ccc(O)cc1)=[NH+]CCC=3C=N2.O=C([O-])C(F)(F)F. The second-order valence-electron chi connectivity index (χ2n) is 6.43. The van der Waals surface area contributed by atoms with Crippen LogP contribution in [0.5, 0.6) is 11.5 Å². The predicted molar refractivity (Wildman–Crippen MR) is 94.9 cm³/mol. The van der Waals surface area contributed by atoms with Gasteiger partial charge in [-0.05, 0) is 23.3 Å². The van der Waals surface area contributed by atoms with Crippen molar-refractivity contribution >= 4 is 29.1 Å². The van der Waals surface area contributed by atoms with Crippen molar-refractivity contribution in [2.45, 2.75) is 19.0 Å². The number of rotatable bonds is 2. The zero-order chi connectivity index (χ0) is 21.3. The van der Waals surface area contributed by atoms with E-state index in [4.69, 9.17) is 15.6 Å². The van der Waals surface area contributed by atoms with Gasteiger partial charge >= 0.3 is 6.18 Å². The summed E-state index contributed by atoms with van der Waals surface area (Å²) < 4.78 is 31.5. The van der Waals surface area contributed by atoms with E-state index in [1.54, 1.807) is 12.1 Å². The lowest BCUT2D eigenvalue weighted by molar-refractivity contribution is -0.501. The number of carbonyl (C=O) groups is 1. The van der Waals surface area contributed by atoms with E-state index in [1.165, 1.54) is 0 Å². The van der Waals surface area contributed by atoms with Crippen molar-refractivity contribution in [2.75, 3.05) is 12.3 Å². The van der Waals surface area contributed by atoms with E-state index in [0.29, 0.717) is 17.8 Å². The van der Waals surface area contributed by atoms with Crippen LogP contribution in [0.15, 0.2) is 29.3 Å². The maximum atomic E-state index is 10.5. The molecule has 2 aliphatic rings. The molecule has 152 valence electrons. The number of nitrogens with one attached hydrogen (secondary N) is 1. The number of nitrogen functional groups attached to an aromatic ring is 1. The maximum Gasteiger partial charge on any atom is 0.430 e. The fourth-order valence-electron chi connectivity index (χ4n) is 3.15. The van der Waals surface area contributed by atoms with Crippen LogP contribution < -0.4 is 26.4 Å². The Balaban J connectivity index is 0.000000298. The maximum absolute atomic E-state index is 10.5. The Hall–Kier alpha value is -3.56. The molecule has 0 aliphatic carbocycles. The van der Waals surface area contributed by atoms with Crippen LogP contribution in [-0.4, -0.2) is 35.1 Å². The number of hydrogen-bond acceptors (Lipinski definition) is 6. The Kier molecular flexibility index (Phi) is 5.19. The number of carbonyl (C=O) groups excluding carboxylic acids is 1. The minimum absolute atomic E-state index is 0.0579. The van der Waals surface area contributed by atoms with Crippen molar-refractivity contribution in [2.24, 2.45) is 4.99 Å². The molecule has 0 amide bonds. The van der Waals surface area contributed by atoms with Gasteiger partial charge in [-0.25, -0.2) is 4.99 Å². The van der Waals surface area contributed by atoms with Gasteiger partial charge in [-0.1, -0.05) is 12.1 Å². The molecule has 0 spiro atoms. The van der Waals surface area contributed by atoms with Gasteiger partial charge in [0.1, 0.15) is 24.0 Å². The number of hydrogen-bond donors (Lipinski definition) is 4. The van der Waals surface area contributed by atoms with Crippen LogP contribution in [-0.2, 0) is 11.2 Å². The van der Waals surface area contributed by atoms with Gasteiger partial charge in [-0.2, -0.15) is 13.2 Å². The van der Waals surface area contributed by atoms with Crippen LogP contribution in [0.4, 0.5) is 24.5 Å². The zero-order valence-corrected chi connectivity index (χ0v) is 14.9. The van der Waals surface area contributed by atoms with Crippen molar-refractivity contribution in [3.05, 3.63) is 46.0 Å². The number of nitrogens with two attached hydrogens (primary N) is 1. The number of halogens is 3. The highest BCUT2D eigenvalue weighted by Crippen LogP contribution is 2.33. The Morgan fingerprint density at radius 3 is 2.45 bits per heavy atom. The summed E-state index contributed by atoms with van der Waals surface area (Å²) in [5, 5.41) is 30.5. The highest BCUT2D eigenvalue weighted by molar-refractivity contribution is 6.08. The number of nitrogens with zero attached hydrogens (tertiary/aromatic N) is 1. The lowest BCUT2D eigenvalue weighted by atomic mass is 9.97. The topological polar surface area (TPSA) is 133 Å². The summed E-state index contributed by atoms with van der Waals surface area (Å²) >= 11 is 0. The second-order valence-corrected chi connectivity index (χ2v) is 6.43. The molecule has 5 N–H and O–H groups in total. The number of aromatic hydroxyl groups is 2. The summed E-state index contributed by atoms with van der Waals surface area (Å²) in [6.45, 7) is 0.834. The molecule has 0 atom stereocenters. The summed E-state index contributed by atoms with van der Waals surface area (Å²) in [6.07, 6.45) is -1.90. The minimum Gasteiger partial charge on any atom is -0.542 e. The lowest BCUT2D eigenvalue weighted by Gasteiger charge is -2.10. The third-order valence-corrected chi connectivity index (χ3v) is 4.51. The van der Waals surface area contributed by atoms with Gasteiger partial charge in [0.15, 0.2) is 5.75 Å². The van der Waals surface area contributed by atoms with Crippen LogP contribution in [0.2, 0.25) is 0 Å². The third-order valence-electron chi connectivity index (χ3n) is 4.51. The van der Waals surface area contributed by atoms with Crippen molar-refractivity contribution in [3.63, 3.8) is 0 Å². The van der Waals surface area contributed by atoms with Crippen LogP contribution in [0.25, 0.3) is 5.57 Å². The molecule has 4 rings (SSSR count). The normalized spacial score (nSPS) is 14.0. The predicted octanol–water partition coefficient (Wildman–Crippen LogP) is -1.46. The highest BCUT2D eigenvalue weighted by atomic mass is 19.4. The van der Waals surface area contributed by atoms with Gasteiger partial charge in [0.2, 0.25) is 5.36 Å². The van der Waals surface area contributed by atoms with Gasteiger partial charge in [0, 0.05) is 19.1 Å². The van der Waals surface area contributed by atoms with E-state index in [9.17, 15) is 23.4 Å². The van der Waals surface area contributed by atoms with Gasteiger partial charge in [-0.15, -0.1) is 0 Å². The number of carboxylic acid groups (broad SMARTS) is 1. The molecular formula is C19H16F3N3O4. The molecule has 29 heavy (non-hydrogen) atoms. The van der Waals surface area contributed by atoms with Gasteiger partial charge in [-0.3, -0.25) is 4.99 Å². The molecule has 2 aromatic carbocycles. The summed E-state index contributed by atoms with van der Waals surface area (Å²) in [6, 6.07) is 7.02. The molecular weight excluding hydrogens is 391 g/mol. The molecule has 0 radical (unpaired) electrons. The fourth-order valence-corrected chi connectivity index (χ4v) is 3.15. The number of aliphatic imine (C=N–C) groups is 1. The van der Waals surface area contributed by atoms with Gasteiger partial charge in [0.05, 0.1) is 16.5 Å². The van der Waals surface area contributed by atoms with Crippen LogP contribution in [0.3, 0.4) is 0 Å². The van der Waals surface area contributed by atoms with E-state index in [1.807, 2.05) is 18.3 Å². The molecule has 2 heterocycles. The molecule has 0 saturated carbocycles.